The van der Waals surface area contributed by atoms with Crippen molar-refractivity contribution < 1.29 is 19.4 Å². The molecule has 0 radical (unpaired) electrons. The van der Waals surface area contributed by atoms with Gasteiger partial charge < -0.3 is 20.5 Å². The summed E-state index contributed by atoms with van der Waals surface area (Å²) in [5.74, 6) is -0.800. The van der Waals surface area contributed by atoms with Crippen molar-refractivity contribution in [1.82, 2.24) is 15.1 Å². The number of aliphatic carboxylic acids is 1. The van der Waals surface area contributed by atoms with Gasteiger partial charge in [0.2, 0.25) is 0 Å². The number of aryl methyl sites for hydroxylation is 1. The summed E-state index contributed by atoms with van der Waals surface area (Å²) < 4.78 is 6.52. The Morgan fingerprint density at radius 3 is 2.21 bits per heavy atom. The van der Waals surface area contributed by atoms with E-state index in [1.54, 1.807) is 31.3 Å². The molecule has 2 amide bonds. The van der Waals surface area contributed by atoms with E-state index in [1.807, 2.05) is 52.0 Å². The molecule has 0 aliphatic carbocycles. The van der Waals surface area contributed by atoms with Gasteiger partial charge in [0.1, 0.15) is 6.04 Å². The SMILES string of the molecule is COc1cnn(C)c(=O)c1-c1ccc(C[C@H](NC(=O)N(c2ccc(NC(C)C)cc2)C(C)C)C(=O)O)cc1. The molecule has 1 heterocycles. The van der Waals surface area contributed by atoms with Gasteiger partial charge >= 0.3 is 12.0 Å². The summed E-state index contributed by atoms with van der Waals surface area (Å²) in [5, 5.41) is 19.8. The van der Waals surface area contributed by atoms with Crippen molar-refractivity contribution >= 4 is 23.4 Å². The first-order valence-electron chi connectivity index (χ1n) is 12.4. The van der Waals surface area contributed by atoms with Crippen LogP contribution in [0.25, 0.3) is 11.1 Å². The van der Waals surface area contributed by atoms with Crippen LogP contribution >= 0.6 is 0 Å². The molecule has 0 saturated carbocycles. The molecular weight excluding hydrogens is 486 g/mol. The molecule has 0 unspecified atom stereocenters. The fourth-order valence-electron chi connectivity index (χ4n) is 4.11. The third-order valence-electron chi connectivity index (χ3n) is 5.94. The van der Waals surface area contributed by atoms with Crippen LogP contribution in [-0.2, 0) is 18.3 Å². The molecule has 0 fully saturated rings. The number of hydrogen-bond acceptors (Lipinski definition) is 6. The van der Waals surface area contributed by atoms with Gasteiger partial charge in [0.05, 0.1) is 18.9 Å². The largest absolute Gasteiger partial charge is 0.494 e. The molecule has 1 atom stereocenters. The Morgan fingerprint density at radius 1 is 1.05 bits per heavy atom. The van der Waals surface area contributed by atoms with Crippen LogP contribution in [0.4, 0.5) is 16.2 Å². The summed E-state index contributed by atoms with van der Waals surface area (Å²) in [6.45, 7) is 7.81. The van der Waals surface area contributed by atoms with Gasteiger partial charge in [-0.25, -0.2) is 14.3 Å². The summed E-state index contributed by atoms with van der Waals surface area (Å²) in [7, 11) is 3.02. The third kappa shape index (κ3) is 6.70. The highest BCUT2D eigenvalue weighted by Crippen LogP contribution is 2.26. The van der Waals surface area contributed by atoms with Gasteiger partial charge in [0, 0.05) is 36.9 Å². The second-order valence-electron chi connectivity index (χ2n) is 9.57. The zero-order valence-corrected chi connectivity index (χ0v) is 22.6. The quantitative estimate of drug-likeness (QED) is 0.369. The molecule has 10 heteroatoms. The highest BCUT2D eigenvalue weighted by Gasteiger charge is 2.26. The van der Waals surface area contributed by atoms with Crippen molar-refractivity contribution in [3.63, 3.8) is 0 Å². The molecule has 10 nitrogen and oxygen atoms in total. The highest BCUT2D eigenvalue weighted by molar-refractivity contribution is 5.95. The summed E-state index contributed by atoms with van der Waals surface area (Å²) >= 11 is 0. The van der Waals surface area contributed by atoms with E-state index < -0.39 is 18.0 Å². The molecule has 0 aliphatic rings. The molecule has 0 spiro atoms. The minimum absolute atomic E-state index is 0.0655. The Morgan fingerprint density at radius 2 is 1.68 bits per heavy atom. The van der Waals surface area contributed by atoms with Crippen LogP contribution in [0.5, 0.6) is 5.75 Å². The van der Waals surface area contributed by atoms with Crippen molar-refractivity contribution in [3.8, 4) is 16.9 Å². The van der Waals surface area contributed by atoms with Crippen molar-refractivity contribution in [1.29, 1.82) is 0 Å². The number of aromatic nitrogens is 2. The van der Waals surface area contributed by atoms with E-state index in [0.29, 0.717) is 28.1 Å². The fourth-order valence-corrected chi connectivity index (χ4v) is 4.11. The maximum absolute atomic E-state index is 13.2. The number of nitrogens with zero attached hydrogens (tertiary/aromatic N) is 3. The topological polar surface area (TPSA) is 126 Å². The average molecular weight is 522 g/mol. The molecule has 2 aromatic carbocycles. The number of methoxy groups -OCH3 is 1. The number of carbonyl (C=O) groups excluding carboxylic acids is 1. The molecule has 38 heavy (non-hydrogen) atoms. The lowest BCUT2D eigenvalue weighted by Crippen LogP contribution is -2.51. The minimum atomic E-state index is -1.15. The predicted octanol–water partition coefficient (Wildman–Crippen LogP) is 3.90. The van der Waals surface area contributed by atoms with Crippen molar-refractivity contribution in [2.24, 2.45) is 7.05 Å². The van der Waals surface area contributed by atoms with E-state index in [4.69, 9.17) is 4.74 Å². The maximum Gasteiger partial charge on any atom is 0.326 e. The van der Waals surface area contributed by atoms with Crippen molar-refractivity contribution in [2.45, 2.75) is 52.2 Å². The number of carboxylic acid groups (broad SMARTS) is 1. The Bertz CT molecular complexity index is 1320. The van der Waals surface area contributed by atoms with E-state index in [2.05, 4.69) is 15.7 Å². The number of carboxylic acids is 1. The first-order valence-corrected chi connectivity index (χ1v) is 12.4. The second kappa shape index (κ2) is 12.3. The first kappa shape index (κ1) is 28.2. The zero-order chi connectivity index (χ0) is 28.0. The Labute approximate surface area is 222 Å². The van der Waals surface area contributed by atoms with Crippen LogP contribution in [0.15, 0.2) is 59.5 Å². The Hall–Kier alpha value is -4.34. The van der Waals surface area contributed by atoms with E-state index >= 15 is 0 Å². The first-order chi connectivity index (χ1) is 18.0. The van der Waals surface area contributed by atoms with Gasteiger partial charge in [-0.3, -0.25) is 9.69 Å². The van der Waals surface area contributed by atoms with Gasteiger partial charge in [-0.05, 0) is 63.1 Å². The number of benzene rings is 2. The molecule has 3 N–H and O–H groups in total. The molecule has 0 bridgehead atoms. The number of amides is 2. The summed E-state index contributed by atoms with van der Waals surface area (Å²) in [5.41, 5.74) is 2.95. The number of carbonyl (C=O) groups is 2. The van der Waals surface area contributed by atoms with Crippen LogP contribution in [0, 0.1) is 0 Å². The smallest absolute Gasteiger partial charge is 0.326 e. The van der Waals surface area contributed by atoms with Gasteiger partial charge in [-0.15, -0.1) is 0 Å². The molecule has 3 rings (SSSR count). The minimum Gasteiger partial charge on any atom is -0.494 e. The lowest BCUT2D eigenvalue weighted by Gasteiger charge is -2.29. The number of urea groups is 1. The van der Waals surface area contributed by atoms with E-state index in [-0.39, 0.29) is 24.1 Å². The monoisotopic (exact) mass is 521 g/mol. The number of hydrogen-bond donors (Lipinski definition) is 3. The number of anilines is 2. The third-order valence-corrected chi connectivity index (χ3v) is 5.94. The predicted molar refractivity (Wildman–Crippen MR) is 148 cm³/mol. The maximum atomic E-state index is 13.2. The molecule has 0 saturated heterocycles. The van der Waals surface area contributed by atoms with E-state index in [0.717, 1.165) is 5.69 Å². The number of nitrogens with one attached hydrogen (secondary N) is 2. The fraction of sp³-hybridized carbons (Fsp3) is 0.357. The molecule has 202 valence electrons. The summed E-state index contributed by atoms with van der Waals surface area (Å²) in [6.07, 6.45) is 1.53. The molecule has 0 aliphatic heterocycles. The summed E-state index contributed by atoms with van der Waals surface area (Å²) in [4.78, 5) is 39.4. The standard InChI is InChI=1S/C28H35N5O5/c1-17(2)30-21-11-13-22(14-12-21)33(18(3)4)28(37)31-23(27(35)36)15-19-7-9-20(10-8-19)25-24(38-6)16-29-32(5)26(25)34/h7-14,16-18,23,30H,15H2,1-6H3,(H,31,37)(H,35,36)/t23-/m0/s1. The van der Waals surface area contributed by atoms with Crippen LogP contribution in [-0.4, -0.2) is 52.1 Å². The molecule has 3 aromatic rings. The number of rotatable bonds is 10. The van der Waals surface area contributed by atoms with Gasteiger partial charge in [0.25, 0.3) is 5.56 Å². The summed E-state index contributed by atoms with van der Waals surface area (Å²) in [6, 6.07) is 12.8. The van der Waals surface area contributed by atoms with Crippen LogP contribution in [0.1, 0.15) is 33.3 Å². The van der Waals surface area contributed by atoms with E-state index in [1.165, 1.54) is 22.9 Å². The highest BCUT2D eigenvalue weighted by atomic mass is 16.5. The lowest BCUT2D eigenvalue weighted by molar-refractivity contribution is -0.139. The van der Waals surface area contributed by atoms with Crippen molar-refractivity contribution in [3.05, 3.63) is 70.6 Å². The number of ether oxygens (including phenoxy) is 1. The molecule has 1 aromatic heterocycles. The normalized spacial score (nSPS) is 11.8. The Kier molecular flexibility index (Phi) is 9.11. The van der Waals surface area contributed by atoms with E-state index in [9.17, 15) is 19.5 Å². The van der Waals surface area contributed by atoms with Crippen LogP contribution in [0.2, 0.25) is 0 Å². The lowest BCUT2D eigenvalue weighted by atomic mass is 10.0. The second-order valence-corrected chi connectivity index (χ2v) is 9.57. The van der Waals surface area contributed by atoms with Crippen LogP contribution in [0.3, 0.4) is 0 Å². The molecular formula is C28H35N5O5. The zero-order valence-electron chi connectivity index (χ0n) is 22.6. The van der Waals surface area contributed by atoms with Crippen molar-refractivity contribution in [2.75, 3.05) is 17.3 Å². The average Bonchev–Trinajstić information content (AvgIpc) is 2.86. The van der Waals surface area contributed by atoms with Crippen LogP contribution < -0.4 is 25.8 Å². The van der Waals surface area contributed by atoms with Gasteiger partial charge in [-0.2, -0.15) is 5.10 Å². The Balaban J connectivity index is 1.78. The van der Waals surface area contributed by atoms with Gasteiger partial charge in [-0.1, -0.05) is 24.3 Å². The van der Waals surface area contributed by atoms with Gasteiger partial charge in [0.15, 0.2) is 5.75 Å².